The third-order valence-corrected chi connectivity index (χ3v) is 4.50. The highest BCUT2D eigenvalue weighted by Crippen LogP contribution is 2.19. The van der Waals surface area contributed by atoms with Gasteiger partial charge in [0.1, 0.15) is 5.76 Å². The van der Waals surface area contributed by atoms with Crippen LogP contribution in [0.25, 0.3) is 0 Å². The summed E-state index contributed by atoms with van der Waals surface area (Å²) in [7, 11) is 0. The van der Waals surface area contributed by atoms with E-state index in [0.717, 1.165) is 4.47 Å². The summed E-state index contributed by atoms with van der Waals surface area (Å²) in [5.74, 6) is 0.424. The van der Waals surface area contributed by atoms with Crippen molar-refractivity contribution in [1.29, 1.82) is 0 Å². The molecular formula is C16H16BrN3O3. The Morgan fingerprint density at radius 3 is 2.26 bits per heavy atom. The van der Waals surface area contributed by atoms with E-state index in [1.807, 2.05) is 18.2 Å². The van der Waals surface area contributed by atoms with E-state index < -0.39 is 0 Å². The topological polar surface area (TPSA) is 66.7 Å². The van der Waals surface area contributed by atoms with Gasteiger partial charge in [0.15, 0.2) is 5.69 Å². The third-order valence-electron chi connectivity index (χ3n) is 3.81. The van der Waals surface area contributed by atoms with E-state index in [1.54, 1.807) is 28.9 Å². The fourth-order valence-corrected chi connectivity index (χ4v) is 3.00. The monoisotopic (exact) mass is 377 g/mol. The summed E-state index contributed by atoms with van der Waals surface area (Å²) < 4.78 is 5.72. The van der Waals surface area contributed by atoms with Crippen molar-refractivity contribution in [2.24, 2.45) is 0 Å². The van der Waals surface area contributed by atoms with Crippen molar-refractivity contribution >= 4 is 27.7 Å². The van der Waals surface area contributed by atoms with Gasteiger partial charge < -0.3 is 14.3 Å². The molecule has 0 atom stereocenters. The van der Waals surface area contributed by atoms with Gasteiger partial charge in [0.2, 0.25) is 0 Å². The van der Waals surface area contributed by atoms with E-state index in [1.165, 1.54) is 0 Å². The number of aryl methyl sites for hydroxylation is 1. The Balaban J connectivity index is 1.63. The Hall–Kier alpha value is -2.15. The van der Waals surface area contributed by atoms with Gasteiger partial charge in [-0.3, -0.25) is 9.59 Å². The minimum Gasteiger partial charge on any atom is -0.361 e. The van der Waals surface area contributed by atoms with Gasteiger partial charge in [0, 0.05) is 36.7 Å². The molecule has 3 rings (SSSR count). The van der Waals surface area contributed by atoms with Crippen molar-refractivity contribution in [3.8, 4) is 0 Å². The Kier molecular flexibility index (Phi) is 4.47. The number of carbonyl (C=O) groups excluding carboxylic acids is 2. The van der Waals surface area contributed by atoms with Crippen LogP contribution in [-0.4, -0.2) is 52.9 Å². The number of aromatic nitrogens is 1. The molecule has 0 aliphatic carbocycles. The van der Waals surface area contributed by atoms with Crippen LogP contribution >= 0.6 is 15.9 Å². The fourth-order valence-electron chi connectivity index (χ4n) is 2.55. The summed E-state index contributed by atoms with van der Waals surface area (Å²) in [5.41, 5.74) is 0.951. The van der Waals surface area contributed by atoms with Crippen LogP contribution in [0.4, 0.5) is 0 Å². The molecule has 1 aromatic heterocycles. The van der Waals surface area contributed by atoms with Crippen LogP contribution < -0.4 is 0 Å². The van der Waals surface area contributed by atoms with Gasteiger partial charge in [-0.2, -0.15) is 0 Å². The Morgan fingerprint density at radius 1 is 1.09 bits per heavy atom. The van der Waals surface area contributed by atoms with Crippen molar-refractivity contribution in [3.05, 3.63) is 51.8 Å². The van der Waals surface area contributed by atoms with Gasteiger partial charge in [0.25, 0.3) is 11.8 Å². The summed E-state index contributed by atoms with van der Waals surface area (Å²) >= 11 is 3.40. The first-order valence-corrected chi connectivity index (χ1v) is 8.12. The lowest BCUT2D eigenvalue weighted by Gasteiger charge is -2.34. The number of piperazine rings is 1. The summed E-state index contributed by atoms with van der Waals surface area (Å²) in [5, 5.41) is 3.75. The first-order chi connectivity index (χ1) is 11.1. The summed E-state index contributed by atoms with van der Waals surface area (Å²) in [6, 6.07) is 8.98. The van der Waals surface area contributed by atoms with E-state index in [2.05, 4.69) is 21.1 Å². The summed E-state index contributed by atoms with van der Waals surface area (Å²) in [6.45, 7) is 3.73. The zero-order valence-corrected chi connectivity index (χ0v) is 14.2. The third kappa shape index (κ3) is 3.29. The number of hydrogen-bond acceptors (Lipinski definition) is 4. The van der Waals surface area contributed by atoms with Crippen molar-refractivity contribution in [2.45, 2.75) is 6.92 Å². The molecule has 1 aromatic carbocycles. The van der Waals surface area contributed by atoms with Crippen LogP contribution in [0.3, 0.4) is 0 Å². The van der Waals surface area contributed by atoms with Crippen LogP contribution in [0.15, 0.2) is 39.3 Å². The van der Waals surface area contributed by atoms with E-state index >= 15 is 0 Å². The largest absolute Gasteiger partial charge is 0.361 e. The van der Waals surface area contributed by atoms with E-state index in [0.29, 0.717) is 43.2 Å². The number of halogens is 1. The second-order valence-corrected chi connectivity index (χ2v) is 6.24. The molecule has 0 spiro atoms. The highest BCUT2D eigenvalue weighted by molar-refractivity contribution is 9.10. The van der Waals surface area contributed by atoms with E-state index in [-0.39, 0.29) is 11.8 Å². The number of rotatable bonds is 2. The number of hydrogen-bond donors (Lipinski definition) is 0. The van der Waals surface area contributed by atoms with Crippen LogP contribution in [-0.2, 0) is 0 Å². The highest BCUT2D eigenvalue weighted by atomic mass is 79.9. The summed E-state index contributed by atoms with van der Waals surface area (Å²) in [6.07, 6.45) is 0. The van der Waals surface area contributed by atoms with Gasteiger partial charge >= 0.3 is 0 Å². The molecule has 0 unspecified atom stereocenters. The first-order valence-electron chi connectivity index (χ1n) is 7.32. The highest BCUT2D eigenvalue weighted by Gasteiger charge is 2.27. The van der Waals surface area contributed by atoms with Gasteiger partial charge in [0.05, 0.1) is 5.56 Å². The maximum Gasteiger partial charge on any atom is 0.276 e. The molecule has 1 saturated heterocycles. The Labute approximate surface area is 142 Å². The van der Waals surface area contributed by atoms with E-state index in [4.69, 9.17) is 4.52 Å². The SMILES string of the molecule is Cc1cc(C(=O)N2CCN(C(=O)c3ccccc3Br)CC2)no1. The smallest absolute Gasteiger partial charge is 0.276 e. The molecule has 0 radical (unpaired) electrons. The normalized spacial score (nSPS) is 14.9. The van der Waals surface area contributed by atoms with Gasteiger partial charge in [-0.05, 0) is 35.0 Å². The quantitative estimate of drug-likeness (QED) is 0.805. The molecule has 0 saturated carbocycles. The number of benzene rings is 1. The molecule has 0 bridgehead atoms. The van der Waals surface area contributed by atoms with Gasteiger partial charge in [-0.1, -0.05) is 17.3 Å². The molecule has 7 heteroatoms. The van der Waals surface area contributed by atoms with Gasteiger partial charge in [-0.15, -0.1) is 0 Å². The molecular weight excluding hydrogens is 362 g/mol. The van der Waals surface area contributed by atoms with Crippen LogP contribution in [0, 0.1) is 6.92 Å². The van der Waals surface area contributed by atoms with Crippen LogP contribution in [0.2, 0.25) is 0 Å². The maximum absolute atomic E-state index is 12.5. The van der Waals surface area contributed by atoms with Gasteiger partial charge in [-0.25, -0.2) is 0 Å². The second-order valence-electron chi connectivity index (χ2n) is 5.39. The van der Waals surface area contributed by atoms with E-state index in [9.17, 15) is 9.59 Å². The molecule has 2 heterocycles. The minimum absolute atomic E-state index is 0.0261. The summed E-state index contributed by atoms with van der Waals surface area (Å²) in [4.78, 5) is 28.3. The molecule has 120 valence electrons. The molecule has 1 aliphatic rings. The molecule has 2 amide bonds. The number of carbonyl (C=O) groups is 2. The minimum atomic E-state index is -0.158. The molecule has 23 heavy (non-hydrogen) atoms. The maximum atomic E-state index is 12.5. The zero-order valence-electron chi connectivity index (χ0n) is 12.7. The first kappa shape index (κ1) is 15.7. The zero-order chi connectivity index (χ0) is 16.4. The molecule has 0 N–H and O–H groups in total. The molecule has 1 fully saturated rings. The lowest BCUT2D eigenvalue weighted by atomic mass is 10.2. The number of amides is 2. The molecule has 6 nitrogen and oxygen atoms in total. The lowest BCUT2D eigenvalue weighted by Crippen LogP contribution is -2.50. The fraction of sp³-hybridized carbons (Fsp3) is 0.312. The predicted molar refractivity (Wildman–Crippen MR) is 87.2 cm³/mol. The van der Waals surface area contributed by atoms with Crippen LogP contribution in [0.1, 0.15) is 26.6 Å². The molecule has 2 aromatic rings. The standard InChI is InChI=1S/C16H16BrN3O3/c1-11-10-14(18-23-11)16(22)20-8-6-19(7-9-20)15(21)12-4-2-3-5-13(12)17/h2-5,10H,6-9H2,1H3. The second kappa shape index (κ2) is 6.54. The molecule has 1 aliphatic heterocycles. The lowest BCUT2D eigenvalue weighted by molar-refractivity contribution is 0.0529. The predicted octanol–water partition coefficient (Wildman–Crippen LogP) is 2.34. The average Bonchev–Trinajstić information content (AvgIpc) is 3.01. The Bertz CT molecular complexity index is 736. The Morgan fingerprint density at radius 2 is 1.70 bits per heavy atom. The van der Waals surface area contributed by atoms with Crippen LogP contribution in [0.5, 0.6) is 0 Å². The van der Waals surface area contributed by atoms with Crippen molar-refractivity contribution in [2.75, 3.05) is 26.2 Å². The van der Waals surface area contributed by atoms with Crippen molar-refractivity contribution in [3.63, 3.8) is 0 Å². The van der Waals surface area contributed by atoms with Crippen molar-refractivity contribution < 1.29 is 14.1 Å². The van der Waals surface area contributed by atoms with Crippen molar-refractivity contribution in [1.82, 2.24) is 15.0 Å². The average molecular weight is 378 g/mol. The number of nitrogens with zero attached hydrogens (tertiary/aromatic N) is 3.